The van der Waals surface area contributed by atoms with Crippen molar-refractivity contribution in [3.63, 3.8) is 0 Å². The fourth-order valence-corrected chi connectivity index (χ4v) is 8.58. The minimum absolute atomic E-state index is 0.632. The molecule has 0 saturated heterocycles. The first kappa shape index (κ1) is 34.1. The number of thiophene rings is 1. The van der Waals surface area contributed by atoms with Gasteiger partial charge in [-0.25, -0.2) is 15.0 Å². The highest BCUT2D eigenvalue weighted by atomic mass is 32.1. The molecule has 10 rings (SSSR count). The van der Waals surface area contributed by atoms with Gasteiger partial charge < -0.3 is 0 Å². The Labute approximate surface area is 335 Å². The Morgan fingerprint density at radius 2 is 0.877 bits per heavy atom. The first-order chi connectivity index (χ1) is 28.3. The average Bonchev–Trinajstić information content (AvgIpc) is 3.75. The smallest absolute Gasteiger partial charge is 0.174 e. The van der Waals surface area contributed by atoms with Crippen molar-refractivity contribution in [2.24, 2.45) is 0 Å². The molecule has 1 aliphatic rings. The molecule has 57 heavy (non-hydrogen) atoms. The van der Waals surface area contributed by atoms with Crippen LogP contribution in [0.2, 0.25) is 0 Å². The molecule has 0 amide bonds. The summed E-state index contributed by atoms with van der Waals surface area (Å²) in [5.74, 6) is 1.95. The number of nitrogens with zero attached hydrogens (tertiary/aromatic N) is 3. The number of benzene rings is 7. The maximum Gasteiger partial charge on any atom is 0.174 e. The normalized spacial score (nSPS) is 11.9. The maximum atomic E-state index is 5.10. The molecule has 0 saturated carbocycles. The zero-order valence-corrected chi connectivity index (χ0v) is 31.6. The highest BCUT2D eigenvalue weighted by Gasteiger charge is 2.24. The maximum absolute atomic E-state index is 5.10. The number of allylic oxidation sites excluding steroid dienone is 4. The Balaban J connectivity index is 1.19. The largest absolute Gasteiger partial charge is 0.208 e. The second-order valence-corrected chi connectivity index (χ2v) is 14.9. The first-order valence-electron chi connectivity index (χ1n) is 18.9. The number of fused-ring (bicyclic) bond motifs is 1. The van der Waals surface area contributed by atoms with E-state index in [-0.39, 0.29) is 0 Å². The van der Waals surface area contributed by atoms with Gasteiger partial charge in [0.05, 0.1) is 4.88 Å². The number of aromatic nitrogens is 3. The van der Waals surface area contributed by atoms with Crippen molar-refractivity contribution in [3.05, 3.63) is 217 Å². The van der Waals surface area contributed by atoms with Gasteiger partial charge in [0.2, 0.25) is 0 Å². The fraction of sp³-hybridized carbons (Fsp3) is 0. The molecular weight excluding hydrogens is 711 g/mol. The zero-order chi connectivity index (χ0) is 38.0. The minimum atomic E-state index is 0.632. The summed E-state index contributed by atoms with van der Waals surface area (Å²) in [6.07, 6.45) is 6.10. The molecule has 0 radical (unpaired) electrons. The topological polar surface area (TPSA) is 38.7 Å². The number of hydrogen-bond donors (Lipinski definition) is 0. The van der Waals surface area contributed by atoms with Crippen molar-refractivity contribution in [1.82, 2.24) is 15.0 Å². The lowest BCUT2D eigenvalue weighted by Gasteiger charge is -2.24. The van der Waals surface area contributed by atoms with E-state index in [4.69, 9.17) is 15.0 Å². The van der Waals surface area contributed by atoms with Crippen LogP contribution in [-0.2, 0) is 0 Å². The average molecular weight is 744 g/mol. The molecule has 0 N–H and O–H groups in total. The highest BCUT2D eigenvalue weighted by Crippen LogP contribution is 2.49. The van der Waals surface area contributed by atoms with Crippen LogP contribution in [0.3, 0.4) is 0 Å². The summed E-state index contributed by atoms with van der Waals surface area (Å²) in [5.41, 5.74) is 19.6. The lowest BCUT2D eigenvalue weighted by Crippen LogP contribution is -2.00. The summed E-state index contributed by atoms with van der Waals surface area (Å²) in [5, 5.41) is 1.18. The molecule has 0 fully saturated rings. The molecular formula is C53H33N3S. The van der Waals surface area contributed by atoms with E-state index >= 15 is 0 Å². The van der Waals surface area contributed by atoms with Gasteiger partial charge >= 0.3 is 0 Å². The molecule has 0 unspecified atom stereocenters. The van der Waals surface area contributed by atoms with Gasteiger partial charge in [-0.2, -0.15) is 0 Å². The van der Waals surface area contributed by atoms with E-state index in [2.05, 4.69) is 169 Å². The van der Waals surface area contributed by atoms with E-state index in [9.17, 15) is 0 Å². The minimum Gasteiger partial charge on any atom is -0.208 e. The van der Waals surface area contributed by atoms with Crippen molar-refractivity contribution in [2.75, 3.05) is 0 Å². The standard InChI is InChI=1S/C53H33N3S/c1-6-18-36(19-7-1)44-35-45(49(39-22-10-3-11-23-39)50(40-24-12-4-13-25-40)48(44)38-20-8-2-9-21-38)37-30-32-42(33-31-37)52-54-51(41-26-14-5-15-27-41)55-53(56-52)47-34-43-28-16-17-29-46(43)57-47/h2-6,8-35H. The summed E-state index contributed by atoms with van der Waals surface area (Å²) < 4.78 is 1.20. The summed E-state index contributed by atoms with van der Waals surface area (Å²) in [7, 11) is 0. The number of hydrogen-bond acceptors (Lipinski definition) is 4. The van der Waals surface area contributed by atoms with Crippen molar-refractivity contribution >= 4 is 27.0 Å². The van der Waals surface area contributed by atoms with Gasteiger partial charge in [0, 0.05) is 15.8 Å². The van der Waals surface area contributed by atoms with Crippen molar-refractivity contribution in [3.8, 4) is 78.0 Å². The molecule has 2 heterocycles. The Morgan fingerprint density at radius 1 is 0.386 bits per heavy atom. The quantitative estimate of drug-likeness (QED) is 0.145. The summed E-state index contributed by atoms with van der Waals surface area (Å²) in [6.45, 7) is 0. The predicted octanol–water partition coefficient (Wildman–Crippen LogP) is 14.0. The van der Waals surface area contributed by atoms with Crippen molar-refractivity contribution in [2.45, 2.75) is 0 Å². The second-order valence-electron chi connectivity index (χ2n) is 13.8. The molecule has 2 aromatic heterocycles. The number of rotatable bonds is 8. The van der Waals surface area contributed by atoms with Crippen LogP contribution in [0.4, 0.5) is 0 Å². The SMILES string of the molecule is C1=C=CC(c2cc(-c3ccc(-c4nc(-c5ccccc5)nc(-c5cc6ccccc6s5)n4)cc3)c(-c3ccccc3)c(-c3ccccc3)c2-c2ccccc2)=CC=1. The lowest BCUT2D eigenvalue weighted by molar-refractivity contribution is 1.08. The first-order valence-corrected chi connectivity index (χ1v) is 19.8. The van der Waals surface area contributed by atoms with Crippen LogP contribution in [-0.4, -0.2) is 15.0 Å². The molecule has 1 aliphatic carbocycles. The molecule has 0 spiro atoms. The Morgan fingerprint density at radius 3 is 1.46 bits per heavy atom. The summed E-state index contributed by atoms with van der Waals surface area (Å²) in [6, 6.07) is 64.0. The van der Waals surface area contributed by atoms with Crippen LogP contribution >= 0.6 is 11.3 Å². The third kappa shape index (κ3) is 6.67. The monoisotopic (exact) mass is 743 g/mol. The van der Waals surface area contributed by atoms with E-state index in [1.54, 1.807) is 11.3 Å². The van der Waals surface area contributed by atoms with Gasteiger partial charge in [-0.15, -0.1) is 11.3 Å². The third-order valence-corrected chi connectivity index (χ3v) is 11.4. The Hall–Kier alpha value is -7.45. The summed E-state index contributed by atoms with van der Waals surface area (Å²) >= 11 is 1.70. The van der Waals surface area contributed by atoms with E-state index in [0.29, 0.717) is 17.5 Å². The van der Waals surface area contributed by atoms with E-state index in [1.165, 1.54) is 26.8 Å². The van der Waals surface area contributed by atoms with Crippen molar-refractivity contribution < 1.29 is 0 Å². The van der Waals surface area contributed by atoms with Crippen LogP contribution < -0.4 is 0 Å². The van der Waals surface area contributed by atoms with Crippen molar-refractivity contribution in [1.29, 1.82) is 0 Å². The molecule has 266 valence electrons. The molecule has 7 aromatic carbocycles. The Bertz CT molecular complexity index is 3010. The Kier molecular flexibility index (Phi) is 8.96. The second kappa shape index (κ2) is 15.0. The predicted molar refractivity (Wildman–Crippen MR) is 237 cm³/mol. The van der Waals surface area contributed by atoms with Crippen LogP contribution in [0.5, 0.6) is 0 Å². The molecule has 3 nitrogen and oxygen atoms in total. The van der Waals surface area contributed by atoms with Crippen LogP contribution in [0.15, 0.2) is 212 Å². The van der Waals surface area contributed by atoms with E-state index < -0.39 is 0 Å². The molecule has 0 atom stereocenters. The lowest BCUT2D eigenvalue weighted by atomic mass is 9.78. The van der Waals surface area contributed by atoms with E-state index in [0.717, 1.165) is 55.0 Å². The van der Waals surface area contributed by atoms with Gasteiger partial charge in [-0.05, 0) is 97.5 Å². The molecule has 4 heteroatoms. The van der Waals surface area contributed by atoms with Gasteiger partial charge in [-0.1, -0.05) is 175 Å². The highest BCUT2D eigenvalue weighted by molar-refractivity contribution is 7.22. The zero-order valence-electron chi connectivity index (χ0n) is 30.8. The van der Waals surface area contributed by atoms with Gasteiger partial charge in [0.1, 0.15) is 0 Å². The summed E-state index contributed by atoms with van der Waals surface area (Å²) in [4.78, 5) is 16.2. The van der Waals surface area contributed by atoms with Crippen LogP contribution in [0.1, 0.15) is 5.56 Å². The molecule has 0 aliphatic heterocycles. The van der Waals surface area contributed by atoms with Gasteiger partial charge in [0.25, 0.3) is 0 Å². The van der Waals surface area contributed by atoms with E-state index in [1.807, 2.05) is 42.5 Å². The van der Waals surface area contributed by atoms with Gasteiger partial charge in [-0.3, -0.25) is 0 Å². The van der Waals surface area contributed by atoms with Crippen LogP contribution in [0, 0.1) is 0 Å². The molecule has 0 bridgehead atoms. The van der Waals surface area contributed by atoms with Crippen LogP contribution in [0.25, 0.3) is 93.6 Å². The fourth-order valence-electron chi connectivity index (χ4n) is 7.58. The third-order valence-electron chi connectivity index (χ3n) is 10.3. The molecule has 9 aromatic rings. The van der Waals surface area contributed by atoms with Gasteiger partial charge in [0.15, 0.2) is 17.5 Å².